The van der Waals surface area contributed by atoms with Crippen LogP contribution in [0.1, 0.15) is 37.8 Å². The molecule has 1 heterocycles. The molecule has 0 saturated carbocycles. The quantitative estimate of drug-likeness (QED) is 0.442. The topological polar surface area (TPSA) is 68.4 Å². The van der Waals surface area contributed by atoms with Gasteiger partial charge in [0.1, 0.15) is 12.4 Å². The summed E-state index contributed by atoms with van der Waals surface area (Å²) in [5.74, 6) is -0.432. The monoisotopic (exact) mass is 452 g/mol. The smallest absolute Gasteiger partial charge is 0.317 e. The van der Waals surface area contributed by atoms with E-state index in [1.807, 2.05) is 31.3 Å². The normalized spacial score (nSPS) is 10.9. The third kappa shape index (κ3) is 6.81. The van der Waals surface area contributed by atoms with Crippen molar-refractivity contribution in [2.75, 3.05) is 26.2 Å². The molecule has 0 radical (unpaired) electrons. The number of amides is 3. The number of halogens is 1. The van der Waals surface area contributed by atoms with E-state index in [1.54, 1.807) is 21.9 Å². The van der Waals surface area contributed by atoms with Gasteiger partial charge in [-0.1, -0.05) is 43.7 Å². The van der Waals surface area contributed by atoms with Crippen molar-refractivity contribution in [2.45, 2.75) is 39.7 Å². The lowest BCUT2D eigenvalue weighted by Crippen LogP contribution is -2.47. The third-order valence-electron chi connectivity index (χ3n) is 5.69. The second kappa shape index (κ2) is 12.0. The van der Waals surface area contributed by atoms with Gasteiger partial charge in [0.15, 0.2) is 0 Å². The number of nitrogens with zero attached hydrogens (tertiary/aromatic N) is 2. The van der Waals surface area contributed by atoms with Crippen molar-refractivity contribution in [2.24, 2.45) is 0 Å². The van der Waals surface area contributed by atoms with Crippen LogP contribution in [0.3, 0.4) is 0 Å². The maximum atomic E-state index is 13.4. The van der Waals surface area contributed by atoms with Crippen LogP contribution in [0.2, 0.25) is 0 Å². The van der Waals surface area contributed by atoms with Crippen LogP contribution >= 0.6 is 0 Å². The molecule has 33 heavy (non-hydrogen) atoms. The van der Waals surface area contributed by atoms with Crippen LogP contribution in [0.25, 0.3) is 10.9 Å². The number of nitrogens with one attached hydrogen (secondary N) is 2. The van der Waals surface area contributed by atoms with Gasteiger partial charge in [-0.3, -0.25) is 4.79 Å². The molecule has 0 aliphatic rings. The fraction of sp³-hybridized carbons (Fsp3) is 0.385. The Morgan fingerprint density at radius 1 is 1.00 bits per heavy atom. The van der Waals surface area contributed by atoms with Gasteiger partial charge in [-0.15, -0.1) is 0 Å². The standard InChI is InChI=1S/C26H33FN4O2/c1-3-5-15-31(26(33)28-4-2)19-25(32)30(18-20-10-12-22(27)13-11-20)16-14-21-17-29-24-9-7-6-8-23(21)24/h6-13,17,29H,3-5,14-16,18-19H2,1-2H3,(H,28,33). The average Bonchev–Trinajstić information content (AvgIpc) is 3.23. The van der Waals surface area contributed by atoms with Gasteiger partial charge in [-0.2, -0.15) is 0 Å². The molecule has 0 spiro atoms. The van der Waals surface area contributed by atoms with E-state index >= 15 is 0 Å². The summed E-state index contributed by atoms with van der Waals surface area (Å²) in [7, 11) is 0. The maximum absolute atomic E-state index is 13.4. The number of rotatable bonds is 11. The first-order chi connectivity index (χ1) is 16.0. The summed E-state index contributed by atoms with van der Waals surface area (Å²) in [6, 6.07) is 14.0. The first kappa shape index (κ1) is 24.3. The molecule has 176 valence electrons. The molecule has 2 N–H and O–H groups in total. The number of aromatic amines is 1. The lowest BCUT2D eigenvalue weighted by Gasteiger charge is -2.28. The zero-order chi connectivity index (χ0) is 23.6. The van der Waals surface area contributed by atoms with Crippen LogP contribution in [0.5, 0.6) is 0 Å². The van der Waals surface area contributed by atoms with Gasteiger partial charge in [-0.25, -0.2) is 9.18 Å². The van der Waals surface area contributed by atoms with Gasteiger partial charge in [0.2, 0.25) is 5.91 Å². The van der Waals surface area contributed by atoms with Crippen LogP contribution in [0.15, 0.2) is 54.7 Å². The molecule has 0 aliphatic heterocycles. The highest BCUT2D eigenvalue weighted by molar-refractivity contribution is 5.85. The first-order valence-electron chi connectivity index (χ1n) is 11.6. The Labute approximate surface area is 194 Å². The van der Waals surface area contributed by atoms with E-state index in [2.05, 4.69) is 23.3 Å². The highest BCUT2D eigenvalue weighted by Gasteiger charge is 2.21. The lowest BCUT2D eigenvalue weighted by atomic mass is 10.1. The fourth-order valence-corrected chi connectivity index (χ4v) is 3.82. The van der Waals surface area contributed by atoms with Crippen LogP contribution in [-0.2, 0) is 17.8 Å². The Hall–Kier alpha value is -3.35. The van der Waals surface area contributed by atoms with Crippen molar-refractivity contribution in [3.63, 3.8) is 0 Å². The Kier molecular flexibility index (Phi) is 8.87. The highest BCUT2D eigenvalue weighted by atomic mass is 19.1. The molecule has 0 atom stereocenters. The van der Waals surface area contributed by atoms with Gasteiger partial charge >= 0.3 is 6.03 Å². The Balaban J connectivity index is 1.76. The van der Waals surface area contributed by atoms with Crippen molar-refractivity contribution in [1.29, 1.82) is 0 Å². The van der Waals surface area contributed by atoms with Crippen molar-refractivity contribution in [3.05, 3.63) is 71.7 Å². The number of benzene rings is 2. The molecule has 3 aromatic rings. The minimum Gasteiger partial charge on any atom is -0.361 e. The van der Waals surface area contributed by atoms with Gasteiger partial charge < -0.3 is 20.1 Å². The van der Waals surface area contributed by atoms with E-state index in [0.29, 0.717) is 32.6 Å². The van der Waals surface area contributed by atoms with Gasteiger partial charge in [0, 0.05) is 43.3 Å². The highest BCUT2D eigenvalue weighted by Crippen LogP contribution is 2.19. The summed E-state index contributed by atoms with van der Waals surface area (Å²) in [5.41, 5.74) is 3.04. The Morgan fingerprint density at radius 3 is 2.48 bits per heavy atom. The van der Waals surface area contributed by atoms with Crippen LogP contribution < -0.4 is 5.32 Å². The number of aromatic nitrogens is 1. The van der Waals surface area contributed by atoms with E-state index in [4.69, 9.17) is 0 Å². The molecule has 3 rings (SSSR count). The molecule has 0 aliphatic carbocycles. The van der Waals surface area contributed by atoms with E-state index in [0.717, 1.165) is 34.9 Å². The van der Waals surface area contributed by atoms with Crippen molar-refractivity contribution in [1.82, 2.24) is 20.1 Å². The zero-order valence-electron chi connectivity index (χ0n) is 19.4. The summed E-state index contributed by atoms with van der Waals surface area (Å²) >= 11 is 0. The second-order valence-corrected chi connectivity index (χ2v) is 8.16. The zero-order valence-corrected chi connectivity index (χ0v) is 19.4. The molecule has 2 aromatic carbocycles. The number of unbranched alkanes of at least 4 members (excludes halogenated alkanes) is 1. The number of H-pyrrole nitrogens is 1. The number of carbonyl (C=O) groups is 2. The van der Waals surface area contributed by atoms with Crippen LogP contribution in [0, 0.1) is 5.82 Å². The Morgan fingerprint density at radius 2 is 1.76 bits per heavy atom. The largest absolute Gasteiger partial charge is 0.361 e. The summed E-state index contributed by atoms with van der Waals surface area (Å²) in [4.78, 5) is 32.4. The van der Waals surface area contributed by atoms with Gasteiger partial charge in [0.25, 0.3) is 0 Å². The van der Waals surface area contributed by atoms with Crippen LogP contribution in [-0.4, -0.2) is 52.9 Å². The predicted molar refractivity (Wildman–Crippen MR) is 129 cm³/mol. The number of urea groups is 1. The summed E-state index contributed by atoms with van der Waals surface area (Å²) < 4.78 is 13.4. The molecule has 1 aromatic heterocycles. The average molecular weight is 453 g/mol. The minimum atomic E-state index is -0.308. The first-order valence-corrected chi connectivity index (χ1v) is 11.6. The van der Waals surface area contributed by atoms with Crippen molar-refractivity contribution in [3.8, 4) is 0 Å². The molecule has 0 bridgehead atoms. The van der Waals surface area contributed by atoms with Gasteiger partial charge in [0.05, 0.1) is 0 Å². The molecule has 3 amide bonds. The fourth-order valence-electron chi connectivity index (χ4n) is 3.82. The molecular weight excluding hydrogens is 419 g/mol. The molecule has 0 unspecified atom stereocenters. The molecule has 0 saturated heterocycles. The summed E-state index contributed by atoms with van der Waals surface area (Å²) in [5, 5.41) is 3.94. The second-order valence-electron chi connectivity index (χ2n) is 8.16. The molecular formula is C26H33FN4O2. The summed E-state index contributed by atoms with van der Waals surface area (Å²) in [6.07, 6.45) is 4.42. The number of carbonyl (C=O) groups excluding carboxylic acids is 2. The van der Waals surface area contributed by atoms with E-state index < -0.39 is 0 Å². The molecule has 6 nitrogen and oxygen atoms in total. The van der Waals surface area contributed by atoms with E-state index in [9.17, 15) is 14.0 Å². The Bertz CT molecular complexity index is 1050. The van der Waals surface area contributed by atoms with E-state index in [1.165, 1.54) is 12.1 Å². The molecule has 7 heteroatoms. The van der Waals surface area contributed by atoms with Crippen molar-refractivity contribution < 1.29 is 14.0 Å². The number of hydrogen-bond donors (Lipinski definition) is 2. The summed E-state index contributed by atoms with van der Waals surface area (Å²) in [6.45, 7) is 5.82. The van der Waals surface area contributed by atoms with Crippen molar-refractivity contribution >= 4 is 22.8 Å². The predicted octanol–water partition coefficient (Wildman–Crippen LogP) is 4.71. The third-order valence-corrected chi connectivity index (χ3v) is 5.69. The van der Waals surface area contributed by atoms with Gasteiger partial charge in [-0.05, 0) is 49.1 Å². The van der Waals surface area contributed by atoms with E-state index in [-0.39, 0.29) is 24.3 Å². The maximum Gasteiger partial charge on any atom is 0.317 e. The number of para-hydroxylation sites is 1. The number of fused-ring (bicyclic) bond motifs is 1. The SMILES string of the molecule is CCCCN(CC(=O)N(CCc1c[nH]c2ccccc12)Cc1ccc(F)cc1)C(=O)NCC. The minimum absolute atomic E-state index is 0.0148. The lowest BCUT2D eigenvalue weighted by molar-refractivity contribution is -0.132. The molecule has 0 fully saturated rings. The van der Waals surface area contributed by atoms with Crippen LogP contribution in [0.4, 0.5) is 9.18 Å². The number of hydrogen-bond acceptors (Lipinski definition) is 2.